The third-order valence-corrected chi connectivity index (χ3v) is 5.03. The van der Waals surface area contributed by atoms with Crippen LogP contribution in [0.5, 0.6) is 0 Å². The molecule has 0 radical (unpaired) electrons. The Hall–Kier alpha value is -1.35. The molecule has 3 heteroatoms. The number of aryl methyl sites for hydroxylation is 1. The molecule has 1 saturated carbocycles. The normalized spacial score (nSPS) is 24.6. The van der Waals surface area contributed by atoms with E-state index in [1.165, 1.54) is 24.0 Å². The number of fused-ring (bicyclic) bond motifs is 1. The van der Waals surface area contributed by atoms with Crippen LogP contribution in [-0.4, -0.2) is 18.0 Å². The molecule has 1 amide bonds. The number of hydrogen-bond acceptors (Lipinski definition) is 2. The zero-order valence-corrected chi connectivity index (χ0v) is 12.2. The van der Waals surface area contributed by atoms with Crippen molar-refractivity contribution in [2.75, 3.05) is 6.54 Å². The lowest BCUT2D eigenvalue weighted by Crippen LogP contribution is -2.55. The highest BCUT2D eigenvalue weighted by Crippen LogP contribution is 2.39. The average molecular weight is 272 g/mol. The Morgan fingerprint density at radius 3 is 2.65 bits per heavy atom. The highest BCUT2D eigenvalue weighted by Gasteiger charge is 2.42. The number of hydrogen-bond donors (Lipinski definition) is 2. The molecule has 2 unspecified atom stereocenters. The first-order chi connectivity index (χ1) is 9.62. The fraction of sp³-hybridized carbons (Fsp3) is 0.588. The summed E-state index contributed by atoms with van der Waals surface area (Å²) in [5, 5.41) is 3.24. The maximum absolute atomic E-state index is 12.5. The number of benzene rings is 1. The van der Waals surface area contributed by atoms with Crippen LogP contribution in [0.3, 0.4) is 0 Å². The van der Waals surface area contributed by atoms with Crippen molar-refractivity contribution in [2.24, 2.45) is 17.6 Å². The second-order valence-corrected chi connectivity index (χ2v) is 6.59. The highest BCUT2D eigenvalue weighted by atomic mass is 16.2. The number of carbonyl (C=O) groups excluding carboxylic acids is 1. The van der Waals surface area contributed by atoms with E-state index >= 15 is 0 Å². The Morgan fingerprint density at radius 1 is 1.30 bits per heavy atom. The van der Waals surface area contributed by atoms with Gasteiger partial charge in [0, 0.05) is 12.5 Å². The molecule has 0 saturated heterocycles. The van der Waals surface area contributed by atoms with E-state index in [2.05, 4.69) is 36.5 Å². The molecule has 2 aliphatic rings. The first kappa shape index (κ1) is 13.6. The van der Waals surface area contributed by atoms with Crippen LogP contribution < -0.4 is 11.1 Å². The zero-order valence-electron chi connectivity index (χ0n) is 12.2. The molecule has 1 aromatic carbocycles. The molecule has 3 rings (SSSR count). The summed E-state index contributed by atoms with van der Waals surface area (Å²) in [7, 11) is 0. The maximum Gasteiger partial charge on any atom is 0.223 e. The molecule has 3 nitrogen and oxygen atoms in total. The second kappa shape index (κ2) is 5.21. The van der Waals surface area contributed by atoms with Crippen molar-refractivity contribution in [3.8, 4) is 0 Å². The lowest BCUT2D eigenvalue weighted by Gasteiger charge is -2.33. The van der Waals surface area contributed by atoms with Gasteiger partial charge in [-0.2, -0.15) is 0 Å². The van der Waals surface area contributed by atoms with Crippen molar-refractivity contribution < 1.29 is 4.79 Å². The highest BCUT2D eigenvalue weighted by molar-refractivity contribution is 5.80. The Bertz CT molecular complexity index is 509. The summed E-state index contributed by atoms with van der Waals surface area (Å²) in [5.41, 5.74) is 8.42. The molecule has 0 heterocycles. The number of rotatable bonds is 4. The van der Waals surface area contributed by atoms with Gasteiger partial charge in [0.15, 0.2) is 0 Å². The molecule has 2 atom stereocenters. The van der Waals surface area contributed by atoms with Gasteiger partial charge in [-0.15, -0.1) is 0 Å². The molecule has 0 aliphatic heterocycles. The molecule has 0 spiro atoms. The van der Waals surface area contributed by atoms with Crippen molar-refractivity contribution in [3.05, 3.63) is 35.4 Å². The molecule has 3 N–H and O–H groups in total. The molecule has 1 fully saturated rings. The van der Waals surface area contributed by atoms with Gasteiger partial charge in [0.1, 0.15) is 0 Å². The average Bonchev–Trinajstić information content (AvgIpc) is 3.31. The summed E-state index contributed by atoms with van der Waals surface area (Å²) in [4.78, 5) is 12.5. The standard InChI is InChI=1S/C17H24N2O/c1-17(11-18,15-8-9-15)19-16(20)14-7-6-12-4-2-3-5-13(12)10-14/h2-5,14-15H,6-11,18H2,1H3,(H,19,20). The fourth-order valence-corrected chi connectivity index (χ4v) is 3.35. The third-order valence-electron chi connectivity index (χ3n) is 5.03. The molecule has 108 valence electrons. The number of amides is 1. The van der Waals surface area contributed by atoms with Crippen LogP contribution in [0.2, 0.25) is 0 Å². The van der Waals surface area contributed by atoms with E-state index in [4.69, 9.17) is 5.73 Å². The van der Waals surface area contributed by atoms with Crippen molar-refractivity contribution in [1.29, 1.82) is 0 Å². The third kappa shape index (κ3) is 2.59. The van der Waals surface area contributed by atoms with Crippen molar-refractivity contribution in [1.82, 2.24) is 5.32 Å². The molecule has 1 aromatic rings. The summed E-state index contributed by atoms with van der Waals surface area (Å²) >= 11 is 0. The van der Waals surface area contributed by atoms with Crippen LogP contribution >= 0.6 is 0 Å². The molecule has 0 aromatic heterocycles. The number of nitrogens with one attached hydrogen (secondary N) is 1. The first-order valence-corrected chi connectivity index (χ1v) is 7.71. The van der Waals surface area contributed by atoms with E-state index in [1.807, 2.05) is 0 Å². The molecule has 2 aliphatic carbocycles. The van der Waals surface area contributed by atoms with Gasteiger partial charge < -0.3 is 11.1 Å². The van der Waals surface area contributed by atoms with E-state index in [0.29, 0.717) is 12.5 Å². The topological polar surface area (TPSA) is 55.1 Å². The summed E-state index contributed by atoms with van der Waals surface area (Å²) in [5.74, 6) is 0.876. The summed E-state index contributed by atoms with van der Waals surface area (Å²) in [6.45, 7) is 2.63. The van der Waals surface area contributed by atoms with Crippen LogP contribution in [0.15, 0.2) is 24.3 Å². The van der Waals surface area contributed by atoms with E-state index < -0.39 is 0 Å². The smallest absolute Gasteiger partial charge is 0.223 e. The minimum atomic E-state index is -0.200. The Morgan fingerprint density at radius 2 is 2.00 bits per heavy atom. The fourth-order valence-electron chi connectivity index (χ4n) is 3.35. The Labute approximate surface area is 120 Å². The minimum absolute atomic E-state index is 0.106. The number of carbonyl (C=O) groups is 1. The largest absolute Gasteiger partial charge is 0.349 e. The SMILES string of the molecule is CC(CN)(NC(=O)C1CCc2ccccc2C1)C1CC1. The van der Waals surface area contributed by atoms with Crippen molar-refractivity contribution in [2.45, 2.75) is 44.6 Å². The first-order valence-electron chi connectivity index (χ1n) is 7.71. The molecular weight excluding hydrogens is 248 g/mol. The van der Waals surface area contributed by atoms with Gasteiger partial charge in [0.25, 0.3) is 0 Å². The Kier molecular flexibility index (Phi) is 3.55. The van der Waals surface area contributed by atoms with Gasteiger partial charge in [-0.05, 0) is 56.1 Å². The molecule has 20 heavy (non-hydrogen) atoms. The van der Waals surface area contributed by atoms with E-state index in [9.17, 15) is 4.79 Å². The summed E-state index contributed by atoms with van der Waals surface area (Å²) in [6.07, 6.45) is 5.22. The zero-order chi connectivity index (χ0) is 14.2. The van der Waals surface area contributed by atoms with E-state index in [1.54, 1.807) is 0 Å². The van der Waals surface area contributed by atoms with Gasteiger partial charge in [0.2, 0.25) is 5.91 Å². The summed E-state index contributed by atoms with van der Waals surface area (Å²) in [6, 6.07) is 8.47. The second-order valence-electron chi connectivity index (χ2n) is 6.59. The van der Waals surface area contributed by atoms with E-state index in [0.717, 1.165) is 19.3 Å². The molecular formula is C17H24N2O. The van der Waals surface area contributed by atoms with Crippen molar-refractivity contribution >= 4 is 5.91 Å². The van der Waals surface area contributed by atoms with Crippen LogP contribution in [0, 0.1) is 11.8 Å². The van der Waals surface area contributed by atoms with Gasteiger partial charge in [-0.1, -0.05) is 24.3 Å². The Balaban J connectivity index is 1.67. The quantitative estimate of drug-likeness (QED) is 0.881. The van der Waals surface area contributed by atoms with Crippen LogP contribution in [0.4, 0.5) is 0 Å². The van der Waals surface area contributed by atoms with Gasteiger partial charge >= 0.3 is 0 Å². The van der Waals surface area contributed by atoms with Crippen LogP contribution in [0.1, 0.15) is 37.3 Å². The predicted octanol–water partition coefficient (Wildman–Crippen LogP) is 2.04. The minimum Gasteiger partial charge on any atom is -0.349 e. The maximum atomic E-state index is 12.5. The van der Waals surface area contributed by atoms with E-state index in [-0.39, 0.29) is 17.4 Å². The van der Waals surface area contributed by atoms with Crippen molar-refractivity contribution in [3.63, 3.8) is 0 Å². The van der Waals surface area contributed by atoms with Crippen LogP contribution in [0.25, 0.3) is 0 Å². The lowest BCUT2D eigenvalue weighted by molar-refractivity contribution is -0.127. The predicted molar refractivity (Wildman–Crippen MR) is 80.3 cm³/mol. The summed E-state index contributed by atoms with van der Waals surface area (Å²) < 4.78 is 0. The molecule has 0 bridgehead atoms. The van der Waals surface area contributed by atoms with Gasteiger partial charge in [-0.3, -0.25) is 4.79 Å². The van der Waals surface area contributed by atoms with Gasteiger partial charge in [0.05, 0.1) is 5.54 Å². The monoisotopic (exact) mass is 272 g/mol. The van der Waals surface area contributed by atoms with Crippen LogP contribution in [-0.2, 0) is 17.6 Å². The van der Waals surface area contributed by atoms with Gasteiger partial charge in [-0.25, -0.2) is 0 Å². The number of nitrogens with two attached hydrogens (primary N) is 1. The lowest BCUT2D eigenvalue weighted by atomic mass is 9.82.